The third kappa shape index (κ3) is 7.22. The Balaban J connectivity index is 0.000000222. The van der Waals surface area contributed by atoms with Crippen LogP contribution in [0.3, 0.4) is 0 Å². The summed E-state index contributed by atoms with van der Waals surface area (Å²) in [5.41, 5.74) is 4.12. The molecule has 4 nitrogen and oxygen atoms in total. The van der Waals surface area contributed by atoms with Crippen molar-refractivity contribution < 1.29 is 9.59 Å². The summed E-state index contributed by atoms with van der Waals surface area (Å²) in [6.07, 6.45) is 5.68. The van der Waals surface area contributed by atoms with Gasteiger partial charge in [0.05, 0.1) is 11.4 Å². The average molecular weight is 573 g/mol. The Morgan fingerprint density at radius 3 is 1.95 bits per heavy atom. The number of nitrogens with zero attached hydrogens (tertiary/aromatic N) is 2. The minimum Gasteiger partial charge on any atom is -0.338 e. The third-order valence-corrected chi connectivity index (χ3v) is 8.26. The van der Waals surface area contributed by atoms with Gasteiger partial charge in [-0.15, -0.1) is 19.0 Å². The SMILES string of the molecule is C=CC(C1=CC(=O)C=CC1=O)c1ccccc1.CCN(CC)C(C)CN1c2ccccc2Sc2ccccc21.Cl. The minimum atomic E-state index is -0.224. The first kappa shape index (κ1) is 31.2. The van der Waals surface area contributed by atoms with Gasteiger partial charge in [-0.1, -0.05) is 86.3 Å². The second kappa shape index (κ2) is 14.8. The molecule has 2 aliphatic rings. The van der Waals surface area contributed by atoms with Gasteiger partial charge < -0.3 is 4.90 Å². The lowest BCUT2D eigenvalue weighted by molar-refractivity contribution is -0.114. The molecule has 0 saturated carbocycles. The first-order valence-electron chi connectivity index (χ1n) is 13.5. The maximum Gasteiger partial charge on any atom is 0.183 e. The second-order valence-corrected chi connectivity index (χ2v) is 10.6. The van der Waals surface area contributed by atoms with Crippen molar-refractivity contribution in [1.29, 1.82) is 0 Å². The lowest BCUT2D eigenvalue weighted by Crippen LogP contribution is -2.41. The van der Waals surface area contributed by atoms with E-state index >= 15 is 0 Å². The first-order chi connectivity index (χ1) is 19.0. The Hall–Kier alpha value is -3.38. The van der Waals surface area contributed by atoms with E-state index in [4.69, 9.17) is 0 Å². The van der Waals surface area contributed by atoms with E-state index in [0.717, 1.165) is 25.2 Å². The molecule has 0 fully saturated rings. The maximum absolute atomic E-state index is 11.8. The van der Waals surface area contributed by atoms with Crippen LogP contribution in [-0.4, -0.2) is 42.1 Å². The molecule has 208 valence electrons. The van der Waals surface area contributed by atoms with Gasteiger partial charge in [-0.05, 0) is 68.1 Å². The van der Waals surface area contributed by atoms with E-state index in [0.29, 0.717) is 11.6 Å². The largest absolute Gasteiger partial charge is 0.338 e. The van der Waals surface area contributed by atoms with E-state index in [1.165, 1.54) is 39.4 Å². The number of allylic oxidation sites excluding steroid dienone is 5. The topological polar surface area (TPSA) is 40.6 Å². The Morgan fingerprint density at radius 1 is 0.850 bits per heavy atom. The predicted molar refractivity (Wildman–Crippen MR) is 170 cm³/mol. The van der Waals surface area contributed by atoms with E-state index in [1.54, 1.807) is 6.08 Å². The number of rotatable bonds is 8. The van der Waals surface area contributed by atoms with Crippen molar-refractivity contribution in [3.8, 4) is 0 Å². The zero-order chi connectivity index (χ0) is 27.8. The van der Waals surface area contributed by atoms with Crippen LogP contribution in [0.4, 0.5) is 11.4 Å². The smallest absolute Gasteiger partial charge is 0.183 e. The Labute approximate surface area is 248 Å². The molecule has 1 aliphatic heterocycles. The summed E-state index contributed by atoms with van der Waals surface area (Å²) in [6, 6.07) is 27.6. The van der Waals surface area contributed by atoms with Crippen molar-refractivity contribution in [2.45, 2.75) is 42.5 Å². The molecule has 0 amide bonds. The van der Waals surface area contributed by atoms with Gasteiger partial charge >= 0.3 is 0 Å². The van der Waals surface area contributed by atoms with Crippen LogP contribution >= 0.6 is 24.2 Å². The molecular formula is C34H37ClN2O2S. The van der Waals surface area contributed by atoms with Crippen LogP contribution in [0.1, 0.15) is 32.3 Å². The second-order valence-electron chi connectivity index (χ2n) is 9.54. The first-order valence-corrected chi connectivity index (χ1v) is 14.3. The number of hydrogen-bond acceptors (Lipinski definition) is 5. The highest BCUT2D eigenvalue weighted by Gasteiger charge is 2.25. The molecule has 3 aromatic carbocycles. The van der Waals surface area contributed by atoms with Gasteiger partial charge in [0.25, 0.3) is 0 Å². The Morgan fingerprint density at radius 2 is 1.40 bits per heavy atom. The molecule has 2 unspecified atom stereocenters. The molecule has 0 spiro atoms. The van der Waals surface area contributed by atoms with E-state index in [-0.39, 0.29) is 29.9 Å². The monoisotopic (exact) mass is 572 g/mol. The number of anilines is 2. The van der Waals surface area contributed by atoms with Gasteiger partial charge in [0, 0.05) is 33.9 Å². The molecule has 0 bridgehead atoms. The number of carbonyl (C=O) groups excluding carboxylic acids is 2. The lowest BCUT2D eigenvalue weighted by atomic mass is 9.86. The van der Waals surface area contributed by atoms with Crippen molar-refractivity contribution >= 4 is 47.1 Å². The fourth-order valence-corrected chi connectivity index (χ4v) is 6.17. The zero-order valence-electron chi connectivity index (χ0n) is 23.3. The summed E-state index contributed by atoms with van der Waals surface area (Å²) < 4.78 is 0. The molecule has 3 aromatic rings. The molecule has 0 radical (unpaired) electrons. The van der Waals surface area contributed by atoms with E-state index in [2.05, 4.69) is 85.7 Å². The highest BCUT2D eigenvalue weighted by atomic mass is 35.5. The fourth-order valence-electron chi connectivity index (χ4n) is 5.08. The summed E-state index contributed by atoms with van der Waals surface area (Å²) in [4.78, 5) is 30.8. The minimum absolute atomic E-state index is 0. The van der Waals surface area contributed by atoms with Crippen LogP contribution < -0.4 is 4.90 Å². The highest BCUT2D eigenvalue weighted by molar-refractivity contribution is 7.99. The Kier molecular flexibility index (Phi) is 11.6. The third-order valence-electron chi connectivity index (χ3n) is 7.13. The fraction of sp³-hybridized carbons (Fsp3) is 0.235. The quantitative estimate of drug-likeness (QED) is 0.202. The van der Waals surface area contributed by atoms with Crippen LogP contribution in [0, 0.1) is 0 Å². The zero-order valence-corrected chi connectivity index (χ0v) is 25.0. The molecule has 1 heterocycles. The number of fused-ring (bicyclic) bond motifs is 2. The van der Waals surface area contributed by atoms with Crippen LogP contribution in [-0.2, 0) is 9.59 Å². The summed E-state index contributed by atoms with van der Waals surface area (Å²) in [5, 5.41) is 0. The molecule has 1 aliphatic carbocycles. The molecule has 0 aromatic heterocycles. The van der Waals surface area contributed by atoms with Crippen LogP contribution in [0.5, 0.6) is 0 Å². The molecular weight excluding hydrogens is 536 g/mol. The van der Waals surface area contributed by atoms with Crippen molar-refractivity contribution in [3.05, 3.63) is 121 Å². The van der Waals surface area contributed by atoms with Crippen molar-refractivity contribution in [2.24, 2.45) is 0 Å². The summed E-state index contributed by atoms with van der Waals surface area (Å²) in [6.45, 7) is 13.8. The van der Waals surface area contributed by atoms with Gasteiger partial charge in [-0.3, -0.25) is 14.5 Å². The van der Waals surface area contributed by atoms with Crippen LogP contribution in [0.25, 0.3) is 0 Å². The summed E-state index contributed by atoms with van der Waals surface area (Å²) in [7, 11) is 0. The number of carbonyl (C=O) groups is 2. The molecule has 0 saturated heterocycles. The molecule has 2 atom stereocenters. The number of halogens is 1. The number of likely N-dealkylation sites (N-methyl/N-ethyl adjacent to an activating group) is 1. The summed E-state index contributed by atoms with van der Waals surface area (Å²) >= 11 is 1.88. The van der Waals surface area contributed by atoms with Crippen molar-refractivity contribution in [3.63, 3.8) is 0 Å². The van der Waals surface area contributed by atoms with E-state index in [1.807, 2.05) is 42.1 Å². The highest BCUT2D eigenvalue weighted by Crippen LogP contribution is 2.47. The van der Waals surface area contributed by atoms with E-state index < -0.39 is 0 Å². The van der Waals surface area contributed by atoms with Crippen LogP contribution in [0.2, 0.25) is 0 Å². The number of ketones is 2. The van der Waals surface area contributed by atoms with Gasteiger partial charge in [0.15, 0.2) is 11.6 Å². The molecule has 40 heavy (non-hydrogen) atoms. The molecule has 5 rings (SSSR count). The van der Waals surface area contributed by atoms with Crippen LogP contribution in [0.15, 0.2) is 125 Å². The Bertz CT molecular complexity index is 1340. The summed E-state index contributed by atoms with van der Waals surface area (Å²) in [5.74, 6) is -0.502. The molecule has 6 heteroatoms. The van der Waals surface area contributed by atoms with Crippen molar-refractivity contribution in [1.82, 2.24) is 4.90 Å². The lowest BCUT2D eigenvalue weighted by Gasteiger charge is -2.37. The normalized spacial score (nSPS) is 15.1. The number of para-hydroxylation sites is 2. The van der Waals surface area contributed by atoms with Gasteiger partial charge in [-0.25, -0.2) is 0 Å². The maximum atomic E-state index is 11.8. The van der Waals surface area contributed by atoms with Gasteiger partial charge in [0.1, 0.15) is 0 Å². The standard InChI is InChI=1S/C19H24N2S.C15H12O2.ClH/c1-4-20(5-2)15(3)14-21-16-10-6-8-12-18(16)22-19-13-9-7-11-17(19)21;1-2-13(11-6-4-3-5-7-11)14-10-12(16)8-9-15(14)17;/h6-13,15H,4-5,14H2,1-3H3;2-10,13H,1H2;1H. The van der Waals surface area contributed by atoms with Gasteiger partial charge in [0.2, 0.25) is 0 Å². The van der Waals surface area contributed by atoms with Gasteiger partial charge in [-0.2, -0.15) is 0 Å². The number of hydrogen-bond donors (Lipinski definition) is 0. The number of benzene rings is 3. The van der Waals surface area contributed by atoms with Crippen molar-refractivity contribution in [2.75, 3.05) is 24.5 Å². The predicted octanol–water partition coefficient (Wildman–Crippen LogP) is 8.03. The van der Waals surface area contributed by atoms with E-state index in [9.17, 15) is 9.59 Å². The average Bonchev–Trinajstić information content (AvgIpc) is 2.97. The molecule has 0 N–H and O–H groups in total.